The van der Waals surface area contributed by atoms with Crippen LogP contribution < -0.4 is 20.1 Å². The van der Waals surface area contributed by atoms with E-state index >= 15 is 0 Å². The van der Waals surface area contributed by atoms with Gasteiger partial charge in [0, 0.05) is 13.0 Å². The van der Waals surface area contributed by atoms with E-state index in [-0.39, 0.29) is 31.4 Å². The SMILES string of the molecule is CCOc1ccc(C(C)NC(=O)C2(F)CCNC2)cc1OCC.Cl. The van der Waals surface area contributed by atoms with Crippen LogP contribution in [0.15, 0.2) is 18.2 Å². The molecule has 5 nitrogen and oxygen atoms in total. The van der Waals surface area contributed by atoms with Crippen LogP contribution in [0.5, 0.6) is 11.5 Å². The highest BCUT2D eigenvalue weighted by molar-refractivity contribution is 5.86. The second kappa shape index (κ2) is 9.08. The van der Waals surface area contributed by atoms with Crippen molar-refractivity contribution >= 4 is 18.3 Å². The van der Waals surface area contributed by atoms with Gasteiger partial charge in [-0.2, -0.15) is 0 Å². The fourth-order valence-corrected chi connectivity index (χ4v) is 2.60. The molecule has 2 rings (SSSR count). The van der Waals surface area contributed by atoms with Crippen molar-refractivity contribution in [1.29, 1.82) is 0 Å². The van der Waals surface area contributed by atoms with E-state index in [2.05, 4.69) is 10.6 Å². The summed E-state index contributed by atoms with van der Waals surface area (Å²) in [5, 5.41) is 5.63. The number of halogens is 2. The molecule has 2 atom stereocenters. The van der Waals surface area contributed by atoms with Gasteiger partial charge in [0.05, 0.1) is 19.3 Å². The Morgan fingerprint density at radius 2 is 2.00 bits per heavy atom. The molecule has 1 aliphatic rings. The van der Waals surface area contributed by atoms with Crippen molar-refractivity contribution in [2.45, 2.75) is 38.9 Å². The predicted octanol–water partition coefficient (Wildman–Crippen LogP) is 2.78. The van der Waals surface area contributed by atoms with E-state index in [1.54, 1.807) is 0 Å². The maximum atomic E-state index is 14.4. The van der Waals surface area contributed by atoms with Gasteiger partial charge in [0.1, 0.15) is 0 Å². The van der Waals surface area contributed by atoms with E-state index in [1.807, 2.05) is 39.0 Å². The number of benzene rings is 1. The maximum absolute atomic E-state index is 14.4. The van der Waals surface area contributed by atoms with Gasteiger partial charge >= 0.3 is 0 Å². The molecule has 2 unspecified atom stereocenters. The van der Waals surface area contributed by atoms with Crippen molar-refractivity contribution in [3.63, 3.8) is 0 Å². The number of hydrogen-bond donors (Lipinski definition) is 2. The monoisotopic (exact) mass is 360 g/mol. The highest BCUT2D eigenvalue weighted by Crippen LogP contribution is 2.31. The highest BCUT2D eigenvalue weighted by Gasteiger charge is 2.41. The van der Waals surface area contributed by atoms with Gasteiger partial charge in [-0.15, -0.1) is 12.4 Å². The largest absolute Gasteiger partial charge is 0.490 e. The molecule has 1 amide bonds. The molecule has 0 aliphatic carbocycles. The molecule has 1 aromatic carbocycles. The molecule has 1 aliphatic heterocycles. The molecule has 1 heterocycles. The summed E-state index contributed by atoms with van der Waals surface area (Å²) in [4.78, 5) is 12.1. The second-order valence-corrected chi connectivity index (χ2v) is 5.66. The fraction of sp³-hybridized carbons (Fsp3) is 0.588. The fourth-order valence-electron chi connectivity index (χ4n) is 2.60. The first-order valence-corrected chi connectivity index (χ1v) is 8.10. The molecular weight excluding hydrogens is 335 g/mol. The van der Waals surface area contributed by atoms with Crippen LogP contribution in [0.4, 0.5) is 4.39 Å². The molecular formula is C17H26ClFN2O3. The summed E-state index contributed by atoms with van der Waals surface area (Å²) < 4.78 is 25.5. The topological polar surface area (TPSA) is 59.6 Å². The lowest BCUT2D eigenvalue weighted by atomic mass is 10.0. The van der Waals surface area contributed by atoms with Gasteiger partial charge in [-0.1, -0.05) is 6.07 Å². The van der Waals surface area contributed by atoms with Crippen LogP contribution >= 0.6 is 12.4 Å². The average Bonchev–Trinajstić information content (AvgIpc) is 2.97. The molecule has 0 spiro atoms. The quantitative estimate of drug-likeness (QED) is 0.785. The van der Waals surface area contributed by atoms with Crippen molar-refractivity contribution in [2.24, 2.45) is 0 Å². The van der Waals surface area contributed by atoms with Gasteiger partial charge in [-0.25, -0.2) is 4.39 Å². The van der Waals surface area contributed by atoms with Crippen molar-refractivity contribution < 1.29 is 18.7 Å². The summed E-state index contributed by atoms with van der Waals surface area (Å²) in [6.45, 7) is 7.28. The summed E-state index contributed by atoms with van der Waals surface area (Å²) in [7, 11) is 0. The van der Waals surface area contributed by atoms with E-state index in [0.29, 0.717) is 31.3 Å². The first-order valence-electron chi connectivity index (χ1n) is 8.10. The summed E-state index contributed by atoms with van der Waals surface area (Å²) in [6.07, 6.45) is 0.207. The first kappa shape index (κ1) is 20.5. The van der Waals surface area contributed by atoms with Crippen LogP contribution in [0.3, 0.4) is 0 Å². The third kappa shape index (κ3) is 4.74. The second-order valence-electron chi connectivity index (χ2n) is 5.66. The van der Waals surface area contributed by atoms with Crippen molar-refractivity contribution in [3.8, 4) is 11.5 Å². The zero-order valence-electron chi connectivity index (χ0n) is 14.4. The molecule has 1 aromatic rings. The number of hydrogen-bond acceptors (Lipinski definition) is 4. The number of alkyl halides is 1. The minimum atomic E-state index is -1.82. The number of amides is 1. The number of ether oxygens (including phenoxy) is 2. The Labute approximate surface area is 148 Å². The zero-order chi connectivity index (χ0) is 16.9. The van der Waals surface area contributed by atoms with Crippen LogP contribution in [-0.4, -0.2) is 37.9 Å². The van der Waals surface area contributed by atoms with Crippen LogP contribution in [0.25, 0.3) is 0 Å². The lowest BCUT2D eigenvalue weighted by Crippen LogP contribution is -2.45. The zero-order valence-corrected chi connectivity index (χ0v) is 15.2. The first-order chi connectivity index (χ1) is 11.0. The molecule has 24 heavy (non-hydrogen) atoms. The van der Waals surface area contributed by atoms with Gasteiger partial charge in [-0.05, 0) is 45.0 Å². The summed E-state index contributed by atoms with van der Waals surface area (Å²) in [5.74, 6) is 0.728. The van der Waals surface area contributed by atoms with E-state index in [0.717, 1.165) is 5.56 Å². The molecule has 0 bridgehead atoms. The minimum Gasteiger partial charge on any atom is -0.490 e. The molecule has 2 N–H and O–H groups in total. The van der Waals surface area contributed by atoms with E-state index in [9.17, 15) is 9.18 Å². The standard InChI is InChI=1S/C17H25FN2O3.ClH/c1-4-22-14-7-6-13(10-15(14)23-5-2)12(3)20-16(21)17(18)8-9-19-11-17;/h6-7,10,12,19H,4-5,8-9,11H2,1-3H3,(H,20,21);1H. The smallest absolute Gasteiger partial charge is 0.259 e. The lowest BCUT2D eigenvalue weighted by Gasteiger charge is -2.22. The van der Waals surface area contributed by atoms with Gasteiger partial charge in [0.25, 0.3) is 5.91 Å². The number of carbonyl (C=O) groups excluding carboxylic acids is 1. The van der Waals surface area contributed by atoms with E-state index < -0.39 is 11.6 Å². The molecule has 7 heteroatoms. The number of nitrogens with one attached hydrogen (secondary N) is 2. The third-order valence-electron chi connectivity index (χ3n) is 3.93. The molecule has 0 saturated carbocycles. The summed E-state index contributed by atoms with van der Waals surface area (Å²) >= 11 is 0. The number of rotatable bonds is 7. The molecule has 136 valence electrons. The molecule has 1 saturated heterocycles. The van der Waals surface area contributed by atoms with E-state index in [4.69, 9.17) is 9.47 Å². The van der Waals surface area contributed by atoms with Crippen LogP contribution in [0.2, 0.25) is 0 Å². The van der Waals surface area contributed by atoms with Crippen molar-refractivity contribution in [3.05, 3.63) is 23.8 Å². The Balaban J connectivity index is 0.00000288. The Hall–Kier alpha value is -1.53. The number of carbonyl (C=O) groups is 1. The molecule has 0 aromatic heterocycles. The summed E-state index contributed by atoms with van der Waals surface area (Å²) in [5.41, 5.74) is -0.970. The molecule has 1 fully saturated rings. The Kier molecular flexibility index (Phi) is 7.76. The normalized spacial score (nSPS) is 20.8. The van der Waals surface area contributed by atoms with Gasteiger partial charge in [0.15, 0.2) is 11.5 Å². The summed E-state index contributed by atoms with van der Waals surface area (Å²) in [6, 6.07) is 5.19. The maximum Gasteiger partial charge on any atom is 0.259 e. The van der Waals surface area contributed by atoms with Crippen molar-refractivity contribution in [1.82, 2.24) is 10.6 Å². The van der Waals surface area contributed by atoms with Crippen LogP contribution in [0.1, 0.15) is 38.8 Å². The third-order valence-corrected chi connectivity index (χ3v) is 3.93. The highest BCUT2D eigenvalue weighted by atomic mass is 35.5. The Bertz CT molecular complexity index is 551. The minimum absolute atomic E-state index is 0. The van der Waals surface area contributed by atoms with Gasteiger partial charge < -0.3 is 20.1 Å². The molecule has 0 radical (unpaired) electrons. The Morgan fingerprint density at radius 1 is 1.33 bits per heavy atom. The van der Waals surface area contributed by atoms with Crippen molar-refractivity contribution in [2.75, 3.05) is 26.3 Å². The predicted molar refractivity (Wildman–Crippen MR) is 93.9 cm³/mol. The average molecular weight is 361 g/mol. The van der Waals surface area contributed by atoms with Gasteiger partial charge in [-0.3, -0.25) is 4.79 Å². The van der Waals surface area contributed by atoms with E-state index in [1.165, 1.54) is 0 Å². The lowest BCUT2D eigenvalue weighted by molar-refractivity contribution is -0.132. The van der Waals surface area contributed by atoms with Crippen LogP contribution in [0, 0.1) is 0 Å². The Morgan fingerprint density at radius 3 is 2.58 bits per heavy atom. The van der Waals surface area contributed by atoms with Crippen LogP contribution in [-0.2, 0) is 4.79 Å². The van der Waals surface area contributed by atoms with Gasteiger partial charge in [0.2, 0.25) is 5.67 Å².